The molecule has 0 saturated heterocycles. The summed E-state index contributed by atoms with van der Waals surface area (Å²) in [6.45, 7) is 0.296. The monoisotopic (exact) mass is 343 g/mol. The highest BCUT2D eigenvalue weighted by Gasteiger charge is 2.10. The summed E-state index contributed by atoms with van der Waals surface area (Å²) in [5.74, 6) is 1.69. The first kappa shape index (κ1) is 16.6. The van der Waals surface area contributed by atoms with Gasteiger partial charge >= 0.3 is 0 Å². The Bertz CT molecular complexity index is 798. The Hall–Kier alpha value is -3.23. The highest BCUT2D eigenvalue weighted by atomic mass is 16.6. The van der Waals surface area contributed by atoms with Gasteiger partial charge in [-0.05, 0) is 30.7 Å². The molecule has 0 aliphatic carbocycles. The van der Waals surface area contributed by atoms with Gasteiger partial charge < -0.3 is 14.6 Å². The molecule has 0 aliphatic heterocycles. The van der Waals surface area contributed by atoms with Gasteiger partial charge in [-0.25, -0.2) is 4.63 Å². The Morgan fingerprint density at radius 3 is 2.80 bits per heavy atom. The summed E-state index contributed by atoms with van der Waals surface area (Å²) in [5, 5.41) is 13.8. The van der Waals surface area contributed by atoms with Gasteiger partial charge in [0.25, 0.3) is 0 Å². The summed E-state index contributed by atoms with van der Waals surface area (Å²) < 4.78 is 14.8. The molecule has 9 nitrogen and oxygen atoms in total. The van der Waals surface area contributed by atoms with Crippen LogP contribution in [-0.2, 0) is 17.8 Å². The van der Waals surface area contributed by atoms with E-state index in [4.69, 9.17) is 9.26 Å². The largest absolute Gasteiger partial charge is 0.497 e. The average molecular weight is 343 g/mol. The lowest BCUT2D eigenvalue weighted by molar-refractivity contribution is -0.121. The number of aromatic nitrogens is 4. The van der Waals surface area contributed by atoms with E-state index in [1.165, 1.54) is 6.20 Å². The van der Waals surface area contributed by atoms with E-state index in [0.717, 1.165) is 11.3 Å². The number of carbonyl (C=O) groups excluding carboxylic acids is 1. The second-order valence-corrected chi connectivity index (χ2v) is 5.27. The van der Waals surface area contributed by atoms with Gasteiger partial charge in [-0.2, -0.15) is 4.98 Å². The van der Waals surface area contributed by atoms with Crippen LogP contribution in [0.5, 0.6) is 5.75 Å². The minimum atomic E-state index is -0.0853. The van der Waals surface area contributed by atoms with E-state index in [1.807, 2.05) is 24.3 Å². The number of amides is 1. The van der Waals surface area contributed by atoms with E-state index in [0.29, 0.717) is 43.2 Å². The molecule has 1 amide bonds. The standard InChI is InChI=1S/C16H17N5O4/c1-23-13-7-5-11(6-8-13)16-19-15(24-21-16)4-2-3-14(22)17-9-12-10-18-25-20-12/h5-8,10H,2-4,9H2,1H3,(H,17,22). The fourth-order valence-corrected chi connectivity index (χ4v) is 2.15. The molecule has 0 atom stereocenters. The van der Waals surface area contributed by atoms with Crippen LogP contribution in [0.4, 0.5) is 0 Å². The number of nitrogens with one attached hydrogen (secondary N) is 1. The van der Waals surface area contributed by atoms with Gasteiger partial charge in [0.15, 0.2) is 0 Å². The first-order valence-electron chi connectivity index (χ1n) is 7.75. The summed E-state index contributed by atoms with van der Waals surface area (Å²) in [5.41, 5.74) is 1.42. The molecule has 1 N–H and O–H groups in total. The lowest BCUT2D eigenvalue weighted by atomic mass is 10.2. The second kappa shape index (κ2) is 8.04. The molecule has 25 heavy (non-hydrogen) atoms. The summed E-state index contributed by atoms with van der Waals surface area (Å²) >= 11 is 0. The van der Waals surface area contributed by atoms with E-state index in [2.05, 4.69) is 30.4 Å². The van der Waals surface area contributed by atoms with Crippen LogP contribution < -0.4 is 10.1 Å². The van der Waals surface area contributed by atoms with Gasteiger partial charge in [-0.3, -0.25) is 4.79 Å². The summed E-state index contributed by atoms with van der Waals surface area (Å²) in [6, 6.07) is 7.39. The molecule has 0 saturated carbocycles. The number of rotatable bonds is 8. The maximum Gasteiger partial charge on any atom is 0.226 e. The molecule has 0 spiro atoms. The van der Waals surface area contributed by atoms with Gasteiger partial charge in [0.2, 0.25) is 17.6 Å². The Morgan fingerprint density at radius 1 is 1.24 bits per heavy atom. The van der Waals surface area contributed by atoms with Crippen molar-refractivity contribution in [2.45, 2.75) is 25.8 Å². The zero-order valence-electron chi connectivity index (χ0n) is 13.6. The van der Waals surface area contributed by atoms with Crippen molar-refractivity contribution >= 4 is 5.91 Å². The van der Waals surface area contributed by atoms with Crippen LogP contribution in [-0.4, -0.2) is 33.5 Å². The lowest BCUT2D eigenvalue weighted by Crippen LogP contribution is -2.22. The molecule has 3 aromatic rings. The number of ether oxygens (including phenoxy) is 1. The first-order valence-corrected chi connectivity index (χ1v) is 7.75. The van der Waals surface area contributed by atoms with Crippen LogP contribution in [0.15, 0.2) is 39.6 Å². The summed E-state index contributed by atoms with van der Waals surface area (Å²) in [4.78, 5) is 16.1. The van der Waals surface area contributed by atoms with E-state index in [-0.39, 0.29) is 5.91 Å². The van der Waals surface area contributed by atoms with Crippen LogP contribution in [0.3, 0.4) is 0 Å². The Labute approximate surface area is 143 Å². The normalized spacial score (nSPS) is 10.6. The molecule has 9 heteroatoms. The molecule has 3 rings (SSSR count). The van der Waals surface area contributed by atoms with Crippen molar-refractivity contribution in [1.82, 2.24) is 25.8 Å². The molecule has 2 heterocycles. The third kappa shape index (κ3) is 4.63. The maximum absolute atomic E-state index is 11.7. The molecule has 0 fully saturated rings. The van der Waals surface area contributed by atoms with Crippen LogP contribution >= 0.6 is 0 Å². The van der Waals surface area contributed by atoms with Gasteiger partial charge in [-0.15, -0.1) is 0 Å². The predicted molar refractivity (Wildman–Crippen MR) is 85.4 cm³/mol. The predicted octanol–water partition coefficient (Wildman–Crippen LogP) is 1.77. The summed E-state index contributed by atoms with van der Waals surface area (Å²) in [6.07, 6.45) is 2.94. The quantitative estimate of drug-likeness (QED) is 0.658. The molecule has 2 aromatic heterocycles. The van der Waals surface area contributed by atoms with Crippen LogP contribution in [0.2, 0.25) is 0 Å². The number of hydrogen-bond acceptors (Lipinski definition) is 8. The van der Waals surface area contributed by atoms with Gasteiger partial charge in [0.1, 0.15) is 11.4 Å². The molecule has 0 radical (unpaired) electrons. The van der Waals surface area contributed by atoms with E-state index in [9.17, 15) is 4.79 Å². The zero-order chi connectivity index (χ0) is 17.5. The van der Waals surface area contributed by atoms with Crippen molar-refractivity contribution in [2.24, 2.45) is 0 Å². The van der Waals surface area contributed by atoms with Crippen molar-refractivity contribution in [3.8, 4) is 17.1 Å². The Kier molecular flexibility index (Phi) is 5.35. The zero-order valence-corrected chi connectivity index (χ0v) is 13.6. The van der Waals surface area contributed by atoms with Crippen molar-refractivity contribution in [1.29, 1.82) is 0 Å². The number of benzene rings is 1. The number of aryl methyl sites for hydroxylation is 1. The number of nitrogens with zero attached hydrogens (tertiary/aromatic N) is 4. The van der Waals surface area contributed by atoms with Crippen molar-refractivity contribution in [3.05, 3.63) is 42.0 Å². The third-order valence-electron chi connectivity index (χ3n) is 3.48. The minimum Gasteiger partial charge on any atom is -0.497 e. The number of hydrogen-bond donors (Lipinski definition) is 1. The molecule has 1 aromatic carbocycles. The molecule has 0 aliphatic rings. The first-order chi connectivity index (χ1) is 12.2. The van der Waals surface area contributed by atoms with Crippen LogP contribution in [0.25, 0.3) is 11.4 Å². The van der Waals surface area contributed by atoms with E-state index < -0.39 is 0 Å². The second-order valence-electron chi connectivity index (χ2n) is 5.27. The topological polar surface area (TPSA) is 116 Å². The Morgan fingerprint density at radius 2 is 2.08 bits per heavy atom. The van der Waals surface area contributed by atoms with Crippen molar-refractivity contribution < 1.29 is 18.7 Å². The minimum absolute atomic E-state index is 0.0853. The smallest absolute Gasteiger partial charge is 0.226 e. The van der Waals surface area contributed by atoms with Crippen LogP contribution in [0, 0.1) is 0 Å². The van der Waals surface area contributed by atoms with Gasteiger partial charge in [0, 0.05) is 18.4 Å². The third-order valence-corrected chi connectivity index (χ3v) is 3.48. The molecule has 0 unspecified atom stereocenters. The molecular weight excluding hydrogens is 326 g/mol. The SMILES string of the molecule is COc1ccc(-c2noc(CCCC(=O)NCc3cnon3)n2)cc1. The van der Waals surface area contributed by atoms with Gasteiger partial charge in [-0.1, -0.05) is 15.5 Å². The summed E-state index contributed by atoms with van der Waals surface area (Å²) in [7, 11) is 1.61. The average Bonchev–Trinajstić information content (AvgIpc) is 3.32. The fourth-order valence-electron chi connectivity index (χ4n) is 2.15. The van der Waals surface area contributed by atoms with E-state index in [1.54, 1.807) is 7.11 Å². The lowest BCUT2D eigenvalue weighted by Gasteiger charge is -2.01. The molecule has 130 valence electrons. The maximum atomic E-state index is 11.7. The van der Waals surface area contributed by atoms with Crippen molar-refractivity contribution in [2.75, 3.05) is 7.11 Å². The number of carbonyl (C=O) groups is 1. The highest BCUT2D eigenvalue weighted by molar-refractivity contribution is 5.75. The van der Waals surface area contributed by atoms with Crippen molar-refractivity contribution in [3.63, 3.8) is 0 Å². The molecule has 0 bridgehead atoms. The molecular formula is C16H17N5O4. The van der Waals surface area contributed by atoms with Crippen LogP contribution in [0.1, 0.15) is 24.4 Å². The Balaban J connectivity index is 1.44. The number of methoxy groups -OCH3 is 1. The fraction of sp³-hybridized carbons (Fsp3) is 0.312. The highest BCUT2D eigenvalue weighted by Crippen LogP contribution is 2.20. The van der Waals surface area contributed by atoms with E-state index >= 15 is 0 Å². The van der Waals surface area contributed by atoms with Gasteiger partial charge in [0.05, 0.1) is 19.9 Å².